The van der Waals surface area contributed by atoms with Crippen molar-refractivity contribution >= 4 is 11.9 Å². The number of nitrogens with one attached hydrogen (secondary N) is 1. The van der Waals surface area contributed by atoms with Crippen molar-refractivity contribution in [1.82, 2.24) is 15.1 Å². The number of amides is 1. The van der Waals surface area contributed by atoms with Gasteiger partial charge in [-0.15, -0.1) is 0 Å². The molecule has 0 bridgehead atoms. The Labute approximate surface area is 173 Å². The molecule has 0 spiro atoms. The van der Waals surface area contributed by atoms with Crippen LogP contribution in [0.5, 0.6) is 5.75 Å². The van der Waals surface area contributed by atoms with Gasteiger partial charge in [0.05, 0.1) is 25.0 Å². The quantitative estimate of drug-likeness (QED) is 0.602. The number of para-hydroxylation sites is 1. The number of rotatable bonds is 7. The second-order valence-electron chi connectivity index (χ2n) is 6.66. The van der Waals surface area contributed by atoms with E-state index >= 15 is 0 Å². The highest BCUT2D eigenvalue weighted by Gasteiger charge is 2.25. The van der Waals surface area contributed by atoms with Gasteiger partial charge < -0.3 is 14.8 Å². The van der Waals surface area contributed by atoms with Crippen molar-refractivity contribution in [2.24, 2.45) is 0 Å². The predicted octanol–water partition coefficient (Wildman–Crippen LogP) is 3.44. The topological polar surface area (TPSA) is 82.5 Å². The van der Waals surface area contributed by atoms with Gasteiger partial charge in [0.1, 0.15) is 5.82 Å². The number of hydrogen-bond acceptors (Lipinski definition) is 5. The molecule has 0 saturated heterocycles. The minimum Gasteiger partial charge on any atom is -0.493 e. The molecule has 0 aliphatic heterocycles. The summed E-state index contributed by atoms with van der Waals surface area (Å²) in [5, 5.41) is 6.97. The van der Waals surface area contributed by atoms with E-state index in [1.807, 2.05) is 30.3 Å². The van der Waals surface area contributed by atoms with Gasteiger partial charge in [0, 0.05) is 0 Å². The molecule has 30 heavy (non-hydrogen) atoms. The Kier molecular flexibility index (Phi) is 6.46. The van der Waals surface area contributed by atoms with E-state index in [2.05, 4.69) is 10.4 Å². The van der Waals surface area contributed by atoms with Crippen LogP contribution in [-0.4, -0.2) is 34.9 Å². The molecule has 1 heterocycles. The largest absolute Gasteiger partial charge is 0.493 e. The number of methoxy groups -OCH3 is 1. The lowest BCUT2D eigenvalue weighted by Gasteiger charge is -2.18. The second kappa shape index (κ2) is 9.21. The lowest BCUT2D eigenvalue weighted by atomic mass is 10.1. The number of aromatic nitrogens is 2. The van der Waals surface area contributed by atoms with E-state index < -0.39 is 18.0 Å². The molecule has 0 fully saturated rings. The van der Waals surface area contributed by atoms with Crippen molar-refractivity contribution in [2.75, 3.05) is 7.11 Å². The summed E-state index contributed by atoms with van der Waals surface area (Å²) in [6, 6.07) is 14.6. The van der Waals surface area contributed by atoms with Crippen LogP contribution in [0.15, 0.2) is 60.8 Å². The van der Waals surface area contributed by atoms with Crippen molar-refractivity contribution in [3.8, 4) is 11.4 Å². The van der Waals surface area contributed by atoms with Crippen LogP contribution < -0.4 is 10.1 Å². The molecule has 2 aromatic carbocycles. The molecule has 1 amide bonds. The zero-order chi connectivity index (χ0) is 21.7. The molecular weight excluding hydrogens is 389 g/mol. The Morgan fingerprint density at radius 2 is 1.73 bits per heavy atom. The second-order valence-corrected chi connectivity index (χ2v) is 6.66. The molecule has 3 aromatic rings. The van der Waals surface area contributed by atoms with Gasteiger partial charge in [-0.05, 0) is 43.7 Å². The molecule has 0 aliphatic rings. The summed E-state index contributed by atoms with van der Waals surface area (Å²) < 4.78 is 25.1. The maximum atomic E-state index is 13.1. The number of halogens is 1. The first kappa shape index (κ1) is 21.0. The minimum atomic E-state index is -1.06. The highest BCUT2D eigenvalue weighted by atomic mass is 19.1. The lowest BCUT2D eigenvalue weighted by molar-refractivity contribution is -0.129. The van der Waals surface area contributed by atoms with E-state index in [9.17, 15) is 14.0 Å². The number of esters is 1. The lowest BCUT2D eigenvalue weighted by Crippen LogP contribution is -2.37. The van der Waals surface area contributed by atoms with Crippen LogP contribution in [0.2, 0.25) is 0 Å². The molecule has 8 heteroatoms. The van der Waals surface area contributed by atoms with E-state index in [-0.39, 0.29) is 23.3 Å². The molecule has 0 radical (unpaired) electrons. The summed E-state index contributed by atoms with van der Waals surface area (Å²) >= 11 is 0. The van der Waals surface area contributed by atoms with Crippen LogP contribution >= 0.6 is 0 Å². The van der Waals surface area contributed by atoms with E-state index in [4.69, 9.17) is 9.47 Å². The van der Waals surface area contributed by atoms with Crippen LogP contribution in [0.25, 0.3) is 5.69 Å². The highest BCUT2D eigenvalue weighted by molar-refractivity contribution is 5.93. The van der Waals surface area contributed by atoms with Crippen LogP contribution in [0.3, 0.4) is 0 Å². The molecule has 2 atom stereocenters. The molecule has 7 nitrogen and oxygen atoms in total. The Balaban J connectivity index is 1.67. The summed E-state index contributed by atoms with van der Waals surface area (Å²) in [5.74, 6) is -1.39. The van der Waals surface area contributed by atoms with E-state index in [0.29, 0.717) is 0 Å². The van der Waals surface area contributed by atoms with Gasteiger partial charge in [-0.25, -0.2) is 13.9 Å². The zero-order valence-corrected chi connectivity index (χ0v) is 16.8. The third-order valence-corrected chi connectivity index (χ3v) is 4.50. The van der Waals surface area contributed by atoms with Crippen molar-refractivity contribution in [3.63, 3.8) is 0 Å². The van der Waals surface area contributed by atoms with E-state index in [1.54, 1.807) is 25.3 Å². The van der Waals surface area contributed by atoms with Crippen LogP contribution in [0.1, 0.15) is 35.9 Å². The molecule has 0 saturated carbocycles. The van der Waals surface area contributed by atoms with Gasteiger partial charge in [-0.1, -0.05) is 30.3 Å². The Morgan fingerprint density at radius 3 is 2.37 bits per heavy atom. The third kappa shape index (κ3) is 4.83. The third-order valence-electron chi connectivity index (χ3n) is 4.50. The zero-order valence-electron chi connectivity index (χ0n) is 16.8. The number of nitrogens with zero attached hydrogens (tertiary/aromatic N) is 2. The number of hydrogen-bond donors (Lipinski definition) is 1. The van der Waals surface area contributed by atoms with E-state index in [0.717, 1.165) is 11.3 Å². The standard InChI is InChI=1S/C22H22FN3O4/c1-14(16-9-11-17(23)12-10-16)24-21(27)15(2)30-22(28)20-19(29-3)13-26(25-20)18-7-5-4-6-8-18/h4-15H,1-3H3,(H,24,27)/t14-,15-/m1/s1. The van der Waals surface area contributed by atoms with Crippen LogP contribution in [-0.2, 0) is 9.53 Å². The fraction of sp³-hybridized carbons (Fsp3) is 0.227. The first-order valence-electron chi connectivity index (χ1n) is 9.35. The average molecular weight is 411 g/mol. The van der Waals surface area contributed by atoms with Gasteiger partial charge in [-0.3, -0.25) is 4.79 Å². The average Bonchev–Trinajstić information content (AvgIpc) is 3.19. The monoisotopic (exact) mass is 411 g/mol. The first-order valence-corrected chi connectivity index (χ1v) is 9.35. The summed E-state index contributed by atoms with van der Waals surface area (Å²) in [4.78, 5) is 25.0. The number of benzene rings is 2. The number of ether oxygens (including phenoxy) is 2. The van der Waals surface area contributed by atoms with Crippen LogP contribution in [0.4, 0.5) is 4.39 Å². The van der Waals surface area contributed by atoms with Gasteiger partial charge in [0.15, 0.2) is 11.9 Å². The summed E-state index contributed by atoms with van der Waals surface area (Å²) in [6.45, 7) is 3.22. The highest BCUT2D eigenvalue weighted by Crippen LogP contribution is 2.21. The Bertz CT molecular complexity index is 1020. The Hall–Kier alpha value is -3.68. The number of carbonyl (C=O) groups is 2. The summed E-state index contributed by atoms with van der Waals surface area (Å²) in [6.07, 6.45) is 0.500. The van der Waals surface area contributed by atoms with Gasteiger partial charge in [0.25, 0.3) is 5.91 Å². The Morgan fingerprint density at radius 1 is 1.07 bits per heavy atom. The minimum absolute atomic E-state index is 0.0346. The SMILES string of the molecule is COc1cn(-c2ccccc2)nc1C(=O)O[C@H](C)C(=O)N[C@H](C)c1ccc(F)cc1. The van der Waals surface area contributed by atoms with Crippen molar-refractivity contribution in [1.29, 1.82) is 0 Å². The molecule has 3 rings (SSSR count). The van der Waals surface area contributed by atoms with Gasteiger partial charge in [-0.2, -0.15) is 5.10 Å². The molecular formula is C22H22FN3O4. The normalized spacial score (nSPS) is 12.7. The summed E-state index contributed by atoms with van der Waals surface area (Å²) in [7, 11) is 1.42. The van der Waals surface area contributed by atoms with Gasteiger partial charge >= 0.3 is 5.97 Å². The summed E-state index contributed by atoms with van der Waals surface area (Å²) in [5.41, 5.74) is 1.44. The maximum absolute atomic E-state index is 13.1. The van der Waals surface area contributed by atoms with Gasteiger partial charge in [0.2, 0.25) is 5.69 Å². The van der Waals surface area contributed by atoms with Crippen LogP contribution in [0, 0.1) is 5.82 Å². The van der Waals surface area contributed by atoms with E-state index in [1.165, 1.54) is 30.8 Å². The molecule has 156 valence electrons. The first-order chi connectivity index (χ1) is 14.4. The fourth-order valence-corrected chi connectivity index (χ4v) is 2.80. The molecule has 0 unspecified atom stereocenters. The van der Waals surface area contributed by atoms with Crippen molar-refractivity contribution < 1.29 is 23.5 Å². The van der Waals surface area contributed by atoms with Crippen molar-refractivity contribution in [3.05, 3.63) is 77.9 Å². The molecule has 1 N–H and O–H groups in total. The van der Waals surface area contributed by atoms with Crippen molar-refractivity contribution in [2.45, 2.75) is 26.0 Å². The number of carbonyl (C=O) groups excluding carboxylic acids is 2. The maximum Gasteiger partial charge on any atom is 0.363 e. The predicted molar refractivity (Wildman–Crippen MR) is 108 cm³/mol. The molecule has 0 aliphatic carbocycles. The fourth-order valence-electron chi connectivity index (χ4n) is 2.80. The smallest absolute Gasteiger partial charge is 0.363 e. The molecule has 1 aromatic heterocycles.